The van der Waals surface area contributed by atoms with Gasteiger partial charge in [-0.2, -0.15) is 4.98 Å². The van der Waals surface area contributed by atoms with Crippen molar-refractivity contribution in [3.05, 3.63) is 66.1 Å². The maximum Gasteiger partial charge on any atom is 0.258 e. The van der Waals surface area contributed by atoms with E-state index >= 15 is 0 Å². The fourth-order valence-corrected chi connectivity index (χ4v) is 3.71. The zero-order chi connectivity index (χ0) is 18.4. The van der Waals surface area contributed by atoms with Crippen LogP contribution in [0.2, 0.25) is 0 Å². The van der Waals surface area contributed by atoms with Crippen LogP contribution in [-0.2, 0) is 4.79 Å². The highest BCUT2D eigenvalue weighted by Gasteiger charge is 2.34. The molecule has 1 N–H and O–H groups in total. The Bertz CT molecular complexity index is 1140. The van der Waals surface area contributed by atoms with Gasteiger partial charge in [-0.1, -0.05) is 23.4 Å². The molecule has 1 atom stereocenters. The van der Waals surface area contributed by atoms with Crippen LogP contribution in [-0.4, -0.2) is 27.6 Å². The quantitative estimate of drug-likeness (QED) is 0.599. The van der Waals surface area contributed by atoms with E-state index in [1.54, 1.807) is 4.90 Å². The predicted octanol–water partition coefficient (Wildman–Crippen LogP) is 4.05. The summed E-state index contributed by atoms with van der Waals surface area (Å²) in [5, 5.41) is 5.21. The lowest BCUT2D eigenvalue weighted by Gasteiger charge is -2.16. The van der Waals surface area contributed by atoms with Gasteiger partial charge in [0.25, 0.3) is 5.89 Å². The Morgan fingerprint density at radius 1 is 1.19 bits per heavy atom. The van der Waals surface area contributed by atoms with E-state index in [9.17, 15) is 4.79 Å². The molecule has 2 aromatic heterocycles. The van der Waals surface area contributed by atoms with Crippen LogP contribution >= 0.6 is 0 Å². The van der Waals surface area contributed by atoms with Crippen molar-refractivity contribution in [3.63, 3.8) is 0 Å². The zero-order valence-electron chi connectivity index (χ0n) is 14.8. The van der Waals surface area contributed by atoms with Gasteiger partial charge < -0.3 is 14.4 Å². The molecule has 1 aliphatic heterocycles. The van der Waals surface area contributed by atoms with Crippen molar-refractivity contribution in [1.29, 1.82) is 0 Å². The van der Waals surface area contributed by atoms with E-state index in [0.29, 0.717) is 24.7 Å². The first-order valence-corrected chi connectivity index (χ1v) is 8.96. The maximum atomic E-state index is 12.5. The summed E-state index contributed by atoms with van der Waals surface area (Å²) in [7, 11) is 0. The van der Waals surface area contributed by atoms with E-state index in [0.717, 1.165) is 27.7 Å². The van der Waals surface area contributed by atoms with Crippen LogP contribution < -0.4 is 4.90 Å². The monoisotopic (exact) mass is 358 g/mol. The van der Waals surface area contributed by atoms with Gasteiger partial charge in [0.15, 0.2) is 5.82 Å². The Hall–Kier alpha value is -3.41. The lowest BCUT2D eigenvalue weighted by Crippen LogP contribution is -2.24. The summed E-state index contributed by atoms with van der Waals surface area (Å²) in [4.78, 5) is 22.1. The van der Waals surface area contributed by atoms with Crippen LogP contribution in [0.3, 0.4) is 0 Å². The number of rotatable bonds is 3. The molecule has 27 heavy (non-hydrogen) atoms. The molecule has 1 aliphatic rings. The van der Waals surface area contributed by atoms with Crippen LogP contribution in [0.4, 0.5) is 5.69 Å². The molecule has 0 aliphatic carbocycles. The average molecular weight is 358 g/mol. The lowest BCUT2D eigenvalue weighted by atomic mass is 10.1. The number of hydrogen-bond acceptors (Lipinski definition) is 4. The molecular weight excluding hydrogens is 340 g/mol. The van der Waals surface area contributed by atoms with Crippen molar-refractivity contribution in [1.82, 2.24) is 15.1 Å². The Morgan fingerprint density at radius 2 is 2.07 bits per heavy atom. The standard InChI is InChI=1S/C21H18N4O2/c1-13-4-2-5-15(10-13)25-12-14(11-19(25)26)20-23-21(27-24-20)17-6-3-7-18-16(17)8-9-22-18/h2-10,14,22H,11-12H2,1H3. The number of anilines is 1. The molecule has 0 radical (unpaired) electrons. The number of aryl methyl sites for hydroxylation is 1. The van der Waals surface area contributed by atoms with Gasteiger partial charge in [0.2, 0.25) is 5.91 Å². The summed E-state index contributed by atoms with van der Waals surface area (Å²) in [6.07, 6.45) is 2.28. The van der Waals surface area contributed by atoms with Gasteiger partial charge in [0, 0.05) is 47.2 Å². The summed E-state index contributed by atoms with van der Waals surface area (Å²) >= 11 is 0. The predicted molar refractivity (Wildman–Crippen MR) is 102 cm³/mol. The molecule has 134 valence electrons. The number of carbonyl (C=O) groups excluding carboxylic acids is 1. The first kappa shape index (κ1) is 15.8. The van der Waals surface area contributed by atoms with E-state index < -0.39 is 0 Å². The maximum absolute atomic E-state index is 12.5. The molecule has 0 bridgehead atoms. The molecule has 0 saturated carbocycles. The molecule has 3 heterocycles. The summed E-state index contributed by atoms with van der Waals surface area (Å²) in [6.45, 7) is 2.59. The van der Waals surface area contributed by atoms with E-state index in [1.165, 1.54) is 0 Å². The highest BCUT2D eigenvalue weighted by atomic mass is 16.5. The fraction of sp³-hybridized carbons (Fsp3) is 0.190. The van der Waals surface area contributed by atoms with E-state index in [4.69, 9.17) is 4.52 Å². The first-order chi connectivity index (χ1) is 13.2. The van der Waals surface area contributed by atoms with Gasteiger partial charge in [0.05, 0.1) is 0 Å². The average Bonchev–Trinajstić information content (AvgIpc) is 3.40. The number of amides is 1. The molecule has 1 unspecified atom stereocenters. The van der Waals surface area contributed by atoms with Crippen molar-refractivity contribution in [2.24, 2.45) is 0 Å². The first-order valence-electron chi connectivity index (χ1n) is 8.96. The smallest absolute Gasteiger partial charge is 0.258 e. The number of aromatic amines is 1. The topological polar surface area (TPSA) is 75.0 Å². The van der Waals surface area contributed by atoms with Gasteiger partial charge in [-0.25, -0.2) is 0 Å². The van der Waals surface area contributed by atoms with Crippen molar-refractivity contribution in [2.75, 3.05) is 11.4 Å². The summed E-state index contributed by atoms with van der Waals surface area (Å²) in [5.74, 6) is 1.09. The van der Waals surface area contributed by atoms with Crippen LogP contribution in [0, 0.1) is 6.92 Å². The molecular formula is C21H18N4O2. The third-order valence-electron chi connectivity index (χ3n) is 5.07. The van der Waals surface area contributed by atoms with Crippen molar-refractivity contribution < 1.29 is 9.32 Å². The van der Waals surface area contributed by atoms with Crippen LogP contribution in [0.5, 0.6) is 0 Å². The number of nitrogens with one attached hydrogen (secondary N) is 1. The SMILES string of the molecule is Cc1cccc(N2CC(c3noc(-c4cccc5[nH]ccc45)n3)CC2=O)c1. The summed E-state index contributed by atoms with van der Waals surface area (Å²) in [6, 6.07) is 15.9. The number of nitrogens with zero attached hydrogens (tertiary/aromatic N) is 3. The summed E-state index contributed by atoms with van der Waals surface area (Å²) in [5.41, 5.74) is 3.97. The molecule has 1 saturated heterocycles. The van der Waals surface area contributed by atoms with E-state index in [1.807, 2.05) is 61.7 Å². The number of aromatic nitrogens is 3. The van der Waals surface area contributed by atoms with Gasteiger partial charge in [-0.3, -0.25) is 4.79 Å². The highest BCUT2D eigenvalue weighted by Crippen LogP contribution is 2.33. The van der Waals surface area contributed by atoms with Crippen molar-refractivity contribution in [3.8, 4) is 11.5 Å². The lowest BCUT2D eigenvalue weighted by molar-refractivity contribution is -0.117. The second-order valence-corrected chi connectivity index (χ2v) is 6.95. The van der Waals surface area contributed by atoms with E-state index in [-0.39, 0.29) is 11.8 Å². The fourth-order valence-electron chi connectivity index (χ4n) is 3.71. The van der Waals surface area contributed by atoms with Crippen LogP contribution in [0.15, 0.2) is 59.3 Å². The normalized spacial score (nSPS) is 17.1. The van der Waals surface area contributed by atoms with Crippen LogP contribution in [0.25, 0.3) is 22.4 Å². The van der Waals surface area contributed by atoms with Gasteiger partial charge in [-0.15, -0.1) is 0 Å². The molecule has 1 fully saturated rings. The minimum absolute atomic E-state index is 0.0686. The van der Waals surface area contributed by atoms with Crippen molar-refractivity contribution >= 4 is 22.5 Å². The Kier molecular flexibility index (Phi) is 3.57. The summed E-state index contributed by atoms with van der Waals surface area (Å²) < 4.78 is 5.53. The molecule has 6 nitrogen and oxygen atoms in total. The molecule has 2 aromatic carbocycles. The zero-order valence-corrected chi connectivity index (χ0v) is 14.8. The molecule has 4 aromatic rings. The molecule has 6 heteroatoms. The third kappa shape index (κ3) is 2.70. The number of carbonyl (C=O) groups is 1. The minimum atomic E-state index is -0.0686. The third-order valence-corrected chi connectivity index (χ3v) is 5.07. The van der Waals surface area contributed by atoms with E-state index in [2.05, 4.69) is 15.1 Å². The number of benzene rings is 2. The van der Waals surface area contributed by atoms with Gasteiger partial charge in [0.1, 0.15) is 0 Å². The Morgan fingerprint density at radius 3 is 2.96 bits per heavy atom. The number of hydrogen-bond donors (Lipinski definition) is 1. The second-order valence-electron chi connectivity index (χ2n) is 6.95. The second kappa shape index (κ2) is 6.09. The van der Waals surface area contributed by atoms with Gasteiger partial charge >= 0.3 is 0 Å². The Labute approximate surface area is 155 Å². The van der Waals surface area contributed by atoms with Crippen LogP contribution in [0.1, 0.15) is 23.7 Å². The largest absolute Gasteiger partial charge is 0.361 e. The Balaban J connectivity index is 1.44. The minimum Gasteiger partial charge on any atom is -0.361 e. The highest BCUT2D eigenvalue weighted by molar-refractivity contribution is 5.96. The molecule has 1 amide bonds. The molecule has 5 rings (SSSR count). The number of H-pyrrole nitrogens is 1. The van der Waals surface area contributed by atoms with Gasteiger partial charge in [-0.05, 0) is 42.8 Å². The van der Waals surface area contributed by atoms with Crippen molar-refractivity contribution in [2.45, 2.75) is 19.3 Å². The number of fused-ring (bicyclic) bond motifs is 1. The molecule has 0 spiro atoms.